The number of sulfonamides is 1. The molecule has 1 saturated carbocycles. The molecule has 6 nitrogen and oxygen atoms in total. The van der Waals surface area contributed by atoms with Gasteiger partial charge >= 0.3 is 0 Å². The summed E-state index contributed by atoms with van der Waals surface area (Å²) in [7, 11) is -1.44. The Hall–Kier alpha value is -1.93. The second-order valence-electron chi connectivity index (χ2n) is 7.80. The van der Waals surface area contributed by atoms with Gasteiger partial charge in [0, 0.05) is 25.2 Å². The third-order valence-corrected chi connectivity index (χ3v) is 7.46. The Morgan fingerprint density at radius 2 is 1.80 bits per heavy atom. The van der Waals surface area contributed by atoms with E-state index in [4.69, 9.17) is 16.4 Å². The highest BCUT2D eigenvalue weighted by molar-refractivity contribution is 7.89. The SMILES string of the molecule is CON(C)S(=O)(=O)c1cc(C(=O)N(Cc2ccc(C(C)C)cc2)C2CC2)ccc1Cl. The van der Waals surface area contributed by atoms with E-state index in [1.54, 1.807) is 6.07 Å². The van der Waals surface area contributed by atoms with E-state index in [1.165, 1.54) is 31.9 Å². The van der Waals surface area contributed by atoms with Crippen molar-refractivity contribution in [1.29, 1.82) is 0 Å². The largest absolute Gasteiger partial charge is 0.331 e. The zero-order valence-corrected chi connectivity index (χ0v) is 19.2. The topological polar surface area (TPSA) is 66.9 Å². The minimum absolute atomic E-state index is 0.0395. The van der Waals surface area contributed by atoms with E-state index in [0.29, 0.717) is 12.5 Å². The number of nitrogens with zero attached hydrogens (tertiary/aromatic N) is 2. The van der Waals surface area contributed by atoms with Crippen LogP contribution in [0.15, 0.2) is 47.4 Å². The number of hydroxylamine groups is 1. The van der Waals surface area contributed by atoms with Gasteiger partial charge in [-0.15, -0.1) is 0 Å². The number of amides is 1. The van der Waals surface area contributed by atoms with Crippen LogP contribution < -0.4 is 0 Å². The summed E-state index contributed by atoms with van der Waals surface area (Å²) < 4.78 is 26.0. The monoisotopic (exact) mass is 450 g/mol. The fourth-order valence-electron chi connectivity index (χ4n) is 3.19. The first-order valence-corrected chi connectivity index (χ1v) is 11.7. The van der Waals surface area contributed by atoms with E-state index >= 15 is 0 Å². The lowest BCUT2D eigenvalue weighted by atomic mass is 10.0. The van der Waals surface area contributed by atoms with E-state index < -0.39 is 10.0 Å². The van der Waals surface area contributed by atoms with Crippen molar-refractivity contribution in [1.82, 2.24) is 9.37 Å². The smallest absolute Gasteiger partial charge is 0.266 e. The molecule has 0 N–H and O–H groups in total. The van der Waals surface area contributed by atoms with E-state index in [-0.39, 0.29) is 27.4 Å². The number of rotatable bonds is 8. The molecule has 3 rings (SSSR count). The lowest BCUT2D eigenvalue weighted by Gasteiger charge is -2.24. The van der Waals surface area contributed by atoms with Gasteiger partial charge in [-0.1, -0.05) is 54.2 Å². The Balaban J connectivity index is 1.88. The molecule has 162 valence electrons. The molecule has 0 aliphatic heterocycles. The van der Waals surface area contributed by atoms with Gasteiger partial charge in [0.1, 0.15) is 4.90 Å². The molecule has 0 spiro atoms. The van der Waals surface area contributed by atoms with Crippen molar-refractivity contribution in [2.75, 3.05) is 14.2 Å². The highest BCUT2D eigenvalue weighted by atomic mass is 35.5. The van der Waals surface area contributed by atoms with Gasteiger partial charge in [0.15, 0.2) is 0 Å². The summed E-state index contributed by atoms with van der Waals surface area (Å²) in [5.41, 5.74) is 2.58. The zero-order valence-electron chi connectivity index (χ0n) is 17.6. The summed E-state index contributed by atoms with van der Waals surface area (Å²) in [6.45, 7) is 4.76. The second kappa shape index (κ2) is 9.06. The number of halogens is 1. The van der Waals surface area contributed by atoms with Gasteiger partial charge in [-0.25, -0.2) is 8.42 Å². The summed E-state index contributed by atoms with van der Waals surface area (Å²) in [4.78, 5) is 19.7. The van der Waals surface area contributed by atoms with Crippen LogP contribution >= 0.6 is 11.6 Å². The van der Waals surface area contributed by atoms with Crippen molar-refractivity contribution in [3.8, 4) is 0 Å². The highest BCUT2D eigenvalue weighted by Gasteiger charge is 2.34. The molecule has 0 radical (unpaired) electrons. The average Bonchev–Trinajstić information content (AvgIpc) is 3.56. The molecule has 0 aromatic heterocycles. The van der Waals surface area contributed by atoms with Crippen LogP contribution in [0, 0.1) is 0 Å². The molecule has 0 heterocycles. The quantitative estimate of drug-likeness (QED) is 0.557. The molecule has 0 bridgehead atoms. The van der Waals surface area contributed by atoms with E-state index in [9.17, 15) is 13.2 Å². The molecule has 1 aliphatic rings. The van der Waals surface area contributed by atoms with Crippen molar-refractivity contribution in [3.05, 3.63) is 64.2 Å². The van der Waals surface area contributed by atoms with Crippen molar-refractivity contribution in [3.63, 3.8) is 0 Å². The fraction of sp³-hybridized carbons (Fsp3) is 0.409. The Bertz CT molecular complexity index is 1020. The van der Waals surface area contributed by atoms with Crippen LogP contribution in [0.5, 0.6) is 0 Å². The second-order valence-corrected chi connectivity index (χ2v) is 10.1. The minimum atomic E-state index is -3.97. The normalized spacial score (nSPS) is 14.4. The summed E-state index contributed by atoms with van der Waals surface area (Å²) in [6.07, 6.45) is 1.89. The summed E-state index contributed by atoms with van der Waals surface area (Å²) >= 11 is 6.12. The molecule has 8 heteroatoms. The molecule has 0 unspecified atom stereocenters. The standard InChI is InChI=1S/C22H27ClN2O4S/c1-15(2)17-7-5-16(6-8-17)14-25(19-10-11-19)22(26)18-9-12-20(23)21(13-18)30(27,28)24(3)29-4/h5-9,12-13,15,19H,10-11,14H2,1-4H3. The number of hydrogen-bond donors (Lipinski definition) is 0. The Kier molecular flexibility index (Phi) is 6.87. The maximum Gasteiger partial charge on any atom is 0.266 e. The molecular weight excluding hydrogens is 424 g/mol. The van der Waals surface area contributed by atoms with Gasteiger partial charge < -0.3 is 4.90 Å². The number of benzene rings is 2. The number of carbonyl (C=O) groups excluding carboxylic acids is 1. The van der Waals surface area contributed by atoms with Crippen LogP contribution in [0.25, 0.3) is 0 Å². The van der Waals surface area contributed by atoms with E-state index in [1.807, 2.05) is 17.0 Å². The molecule has 2 aromatic carbocycles. The fourth-order valence-corrected chi connectivity index (χ4v) is 4.67. The first-order chi connectivity index (χ1) is 14.1. The predicted molar refractivity (Wildman–Crippen MR) is 117 cm³/mol. The zero-order chi connectivity index (χ0) is 22.1. The van der Waals surface area contributed by atoms with E-state index in [0.717, 1.165) is 22.9 Å². The third kappa shape index (κ3) is 4.86. The summed E-state index contributed by atoms with van der Waals surface area (Å²) in [6, 6.07) is 12.8. The van der Waals surface area contributed by atoms with Crippen molar-refractivity contribution < 1.29 is 18.0 Å². The highest BCUT2D eigenvalue weighted by Crippen LogP contribution is 2.32. The molecule has 2 aromatic rings. The van der Waals surface area contributed by atoms with Gasteiger partial charge in [0.25, 0.3) is 15.9 Å². The van der Waals surface area contributed by atoms with Crippen LogP contribution in [0.3, 0.4) is 0 Å². The summed E-state index contributed by atoms with van der Waals surface area (Å²) in [5, 5.41) is 0.0395. The van der Waals surface area contributed by atoms with Crippen molar-refractivity contribution in [2.24, 2.45) is 0 Å². The summed E-state index contributed by atoms with van der Waals surface area (Å²) in [5.74, 6) is 0.235. The lowest BCUT2D eigenvalue weighted by Crippen LogP contribution is -2.33. The van der Waals surface area contributed by atoms with E-state index in [2.05, 4.69) is 26.0 Å². The van der Waals surface area contributed by atoms with Crippen molar-refractivity contribution in [2.45, 2.75) is 50.1 Å². The van der Waals surface area contributed by atoms with Crippen LogP contribution in [0.2, 0.25) is 5.02 Å². The van der Waals surface area contributed by atoms with Crippen LogP contribution in [0.1, 0.15) is 54.1 Å². The van der Waals surface area contributed by atoms with Crippen molar-refractivity contribution >= 4 is 27.5 Å². The first kappa shape index (κ1) is 22.7. The lowest BCUT2D eigenvalue weighted by molar-refractivity contribution is -0.0258. The van der Waals surface area contributed by atoms with Gasteiger partial charge in [-0.3, -0.25) is 9.63 Å². The van der Waals surface area contributed by atoms with Gasteiger partial charge in [0.05, 0.1) is 12.1 Å². The number of hydrogen-bond acceptors (Lipinski definition) is 4. The molecular formula is C22H27ClN2O4S. The maximum atomic E-state index is 13.3. The van der Waals surface area contributed by atoms with Crippen LogP contribution in [-0.2, 0) is 21.4 Å². The molecule has 1 fully saturated rings. The minimum Gasteiger partial charge on any atom is -0.331 e. The average molecular weight is 451 g/mol. The Morgan fingerprint density at radius 3 is 2.33 bits per heavy atom. The van der Waals surface area contributed by atoms with Gasteiger partial charge in [0.2, 0.25) is 0 Å². The molecule has 1 aliphatic carbocycles. The third-order valence-electron chi connectivity index (χ3n) is 5.30. The van der Waals surface area contributed by atoms with Gasteiger partial charge in [-0.2, -0.15) is 0 Å². The molecule has 30 heavy (non-hydrogen) atoms. The maximum absolute atomic E-state index is 13.3. The van der Waals surface area contributed by atoms with Crippen LogP contribution in [-0.4, -0.2) is 43.9 Å². The van der Waals surface area contributed by atoms with Gasteiger partial charge in [-0.05, 0) is 48.1 Å². The first-order valence-electron chi connectivity index (χ1n) is 9.87. The Labute approximate surface area is 183 Å². The molecule has 0 saturated heterocycles. The van der Waals surface area contributed by atoms with Crippen LogP contribution in [0.4, 0.5) is 0 Å². The molecule has 1 amide bonds. The predicted octanol–water partition coefficient (Wildman–Crippen LogP) is 4.45. The molecule has 0 atom stereocenters. The number of carbonyl (C=O) groups is 1. The Morgan fingerprint density at radius 1 is 1.17 bits per heavy atom.